The number of benzene rings is 1. The summed E-state index contributed by atoms with van der Waals surface area (Å²) < 4.78 is 38.8. The minimum Gasteiger partial charge on any atom is -0.385 e. The van der Waals surface area contributed by atoms with Crippen molar-refractivity contribution in [2.45, 2.75) is 25.4 Å². The number of carbonyl (C=O) groups is 1. The number of alkyl halides is 3. The van der Waals surface area contributed by atoms with Gasteiger partial charge in [0.15, 0.2) is 0 Å². The van der Waals surface area contributed by atoms with Crippen molar-refractivity contribution in [1.82, 2.24) is 0 Å². The number of amides is 1. The molecule has 0 aromatic heterocycles. The summed E-state index contributed by atoms with van der Waals surface area (Å²) in [6.07, 6.45) is -3.02. The van der Waals surface area contributed by atoms with E-state index in [1.807, 2.05) is 0 Å². The van der Waals surface area contributed by atoms with Crippen molar-refractivity contribution in [1.29, 1.82) is 0 Å². The quantitative estimate of drug-likeness (QED) is 0.779. The number of halogens is 4. The minimum atomic E-state index is -4.39. The molecule has 3 nitrogen and oxygen atoms in total. The molecule has 0 radical (unpaired) electrons. The zero-order valence-corrected chi connectivity index (χ0v) is 11.6. The molecular formula is C12H14BrF3N2O. The van der Waals surface area contributed by atoms with E-state index < -0.39 is 17.6 Å². The fourth-order valence-electron chi connectivity index (χ4n) is 1.56. The molecule has 1 aromatic carbocycles. The highest BCUT2D eigenvalue weighted by atomic mass is 79.9. The van der Waals surface area contributed by atoms with Gasteiger partial charge in [-0.1, -0.05) is 15.9 Å². The van der Waals surface area contributed by atoms with E-state index in [0.717, 1.165) is 6.07 Å². The average Bonchev–Trinajstić information content (AvgIpc) is 2.26. The molecule has 0 atom stereocenters. The zero-order chi connectivity index (χ0) is 14.5. The van der Waals surface area contributed by atoms with E-state index in [9.17, 15) is 18.0 Å². The Hall–Kier alpha value is -1.24. The molecule has 1 rings (SSSR count). The van der Waals surface area contributed by atoms with E-state index in [2.05, 4.69) is 21.2 Å². The summed E-state index contributed by atoms with van der Waals surface area (Å²) in [7, 11) is 0. The molecule has 0 fully saturated rings. The Bertz CT molecular complexity index is 449. The van der Waals surface area contributed by atoms with Gasteiger partial charge in [0.1, 0.15) is 0 Å². The topological polar surface area (TPSA) is 55.1 Å². The van der Waals surface area contributed by atoms with Crippen LogP contribution in [0.2, 0.25) is 0 Å². The summed E-state index contributed by atoms with van der Waals surface area (Å²) in [5, 5.41) is 2.73. The van der Waals surface area contributed by atoms with Crippen molar-refractivity contribution < 1.29 is 18.0 Å². The molecule has 0 spiro atoms. The molecule has 3 N–H and O–H groups in total. The normalized spacial score (nSPS) is 11.4. The monoisotopic (exact) mass is 338 g/mol. The van der Waals surface area contributed by atoms with Crippen LogP contribution in [0, 0.1) is 0 Å². The van der Waals surface area contributed by atoms with Gasteiger partial charge in [0, 0.05) is 23.1 Å². The predicted molar refractivity (Wildman–Crippen MR) is 70.7 cm³/mol. The fraction of sp³-hybridized carbons (Fsp3) is 0.417. The lowest BCUT2D eigenvalue weighted by atomic mass is 10.1. The van der Waals surface area contributed by atoms with Crippen LogP contribution in [0.4, 0.5) is 18.9 Å². The molecule has 1 amide bonds. The van der Waals surface area contributed by atoms with Gasteiger partial charge in [-0.3, -0.25) is 4.79 Å². The van der Waals surface area contributed by atoms with Gasteiger partial charge in [-0.15, -0.1) is 0 Å². The molecule has 0 aliphatic rings. The number of primary amides is 1. The highest BCUT2D eigenvalue weighted by molar-refractivity contribution is 9.10. The van der Waals surface area contributed by atoms with Crippen molar-refractivity contribution in [3.8, 4) is 0 Å². The van der Waals surface area contributed by atoms with Crippen molar-refractivity contribution in [2.24, 2.45) is 5.73 Å². The second-order valence-corrected chi connectivity index (χ2v) is 4.95. The maximum Gasteiger partial charge on any atom is 0.418 e. The van der Waals surface area contributed by atoms with Crippen molar-refractivity contribution in [3.63, 3.8) is 0 Å². The Morgan fingerprint density at radius 1 is 1.32 bits per heavy atom. The van der Waals surface area contributed by atoms with Crippen LogP contribution in [-0.4, -0.2) is 12.5 Å². The first-order chi connectivity index (χ1) is 8.80. The van der Waals surface area contributed by atoms with Gasteiger partial charge in [-0.2, -0.15) is 13.2 Å². The second kappa shape index (κ2) is 6.79. The Morgan fingerprint density at radius 3 is 2.58 bits per heavy atom. The van der Waals surface area contributed by atoms with Crippen LogP contribution in [0.1, 0.15) is 24.8 Å². The van der Waals surface area contributed by atoms with Gasteiger partial charge in [-0.25, -0.2) is 0 Å². The molecule has 0 aliphatic carbocycles. The zero-order valence-electron chi connectivity index (χ0n) is 10.1. The first-order valence-electron chi connectivity index (χ1n) is 5.69. The van der Waals surface area contributed by atoms with E-state index in [-0.39, 0.29) is 12.1 Å². The van der Waals surface area contributed by atoms with Crippen LogP contribution >= 0.6 is 15.9 Å². The van der Waals surface area contributed by atoms with Gasteiger partial charge in [0.05, 0.1) is 5.56 Å². The van der Waals surface area contributed by atoms with E-state index in [0.29, 0.717) is 23.9 Å². The first kappa shape index (κ1) is 15.8. The lowest BCUT2D eigenvalue weighted by Gasteiger charge is -2.14. The van der Waals surface area contributed by atoms with Crippen LogP contribution in [0.3, 0.4) is 0 Å². The largest absolute Gasteiger partial charge is 0.418 e. The van der Waals surface area contributed by atoms with Gasteiger partial charge < -0.3 is 11.1 Å². The average molecular weight is 339 g/mol. The maximum atomic E-state index is 12.7. The standard InChI is InChI=1S/C12H14BrF3N2O/c13-8-4-5-9(12(14,15)16)10(7-8)18-6-2-1-3-11(17)19/h4-5,7,18H,1-3,6H2,(H2,17,19). The fourth-order valence-corrected chi connectivity index (χ4v) is 1.92. The highest BCUT2D eigenvalue weighted by Gasteiger charge is 2.33. The molecule has 19 heavy (non-hydrogen) atoms. The number of carbonyl (C=O) groups excluding carboxylic acids is 1. The summed E-state index contributed by atoms with van der Waals surface area (Å²) in [5.41, 5.74) is 4.30. The Morgan fingerprint density at radius 2 is 2.00 bits per heavy atom. The summed E-state index contributed by atoms with van der Waals surface area (Å²) in [6.45, 7) is 0.354. The van der Waals surface area contributed by atoms with Crippen LogP contribution in [0.15, 0.2) is 22.7 Å². The molecule has 0 aliphatic heterocycles. The van der Waals surface area contributed by atoms with Crippen LogP contribution < -0.4 is 11.1 Å². The Balaban J connectivity index is 2.61. The van der Waals surface area contributed by atoms with Gasteiger partial charge >= 0.3 is 6.18 Å². The van der Waals surface area contributed by atoms with E-state index in [1.54, 1.807) is 0 Å². The summed E-state index contributed by atoms with van der Waals surface area (Å²) >= 11 is 3.14. The minimum absolute atomic E-state index is 0.0287. The van der Waals surface area contributed by atoms with Gasteiger partial charge in [-0.05, 0) is 31.0 Å². The third kappa shape index (κ3) is 5.50. The smallest absolute Gasteiger partial charge is 0.385 e. The number of hydrogen-bond acceptors (Lipinski definition) is 2. The predicted octanol–water partition coefficient (Wildman–Crippen LogP) is 3.54. The SMILES string of the molecule is NC(=O)CCCCNc1cc(Br)ccc1C(F)(F)F. The molecule has 106 valence electrons. The highest BCUT2D eigenvalue weighted by Crippen LogP contribution is 2.36. The maximum absolute atomic E-state index is 12.7. The Kier molecular flexibility index (Phi) is 5.65. The second-order valence-electron chi connectivity index (χ2n) is 4.04. The molecule has 0 unspecified atom stereocenters. The van der Waals surface area contributed by atoms with Crippen molar-refractivity contribution in [2.75, 3.05) is 11.9 Å². The molecule has 0 bridgehead atoms. The number of nitrogens with two attached hydrogens (primary N) is 1. The Labute approximate surface area is 117 Å². The molecule has 0 saturated carbocycles. The summed E-state index contributed by atoms with van der Waals surface area (Å²) in [6, 6.07) is 3.76. The third-order valence-electron chi connectivity index (χ3n) is 2.45. The molecule has 0 saturated heterocycles. The first-order valence-corrected chi connectivity index (χ1v) is 6.49. The number of anilines is 1. The van der Waals surface area contributed by atoms with Crippen LogP contribution in [0.25, 0.3) is 0 Å². The number of unbranched alkanes of at least 4 members (excludes halogenated alkanes) is 1. The van der Waals surface area contributed by atoms with Crippen LogP contribution in [0.5, 0.6) is 0 Å². The van der Waals surface area contributed by atoms with Crippen LogP contribution in [-0.2, 0) is 11.0 Å². The van der Waals surface area contributed by atoms with E-state index >= 15 is 0 Å². The number of rotatable bonds is 6. The summed E-state index contributed by atoms with van der Waals surface area (Å²) in [4.78, 5) is 10.5. The number of hydrogen-bond donors (Lipinski definition) is 2. The van der Waals surface area contributed by atoms with Crippen molar-refractivity contribution >= 4 is 27.5 Å². The van der Waals surface area contributed by atoms with Gasteiger partial charge in [0.2, 0.25) is 5.91 Å². The summed E-state index contributed by atoms with van der Waals surface area (Å²) in [5.74, 6) is -0.404. The van der Waals surface area contributed by atoms with Gasteiger partial charge in [0.25, 0.3) is 0 Å². The lowest BCUT2D eigenvalue weighted by Crippen LogP contribution is -2.13. The number of nitrogens with one attached hydrogen (secondary N) is 1. The van der Waals surface area contributed by atoms with E-state index in [4.69, 9.17) is 5.73 Å². The molecular weight excluding hydrogens is 325 g/mol. The van der Waals surface area contributed by atoms with E-state index in [1.165, 1.54) is 12.1 Å². The van der Waals surface area contributed by atoms with Crippen molar-refractivity contribution in [3.05, 3.63) is 28.2 Å². The molecule has 1 aromatic rings. The lowest BCUT2D eigenvalue weighted by molar-refractivity contribution is -0.137. The third-order valence-corrected chi connectivity index (χ3v) is 2.95. The molecule has 7 heteroatoms. The molecule has 0 heterocycles.